The van der Waals surface area contributed by atoms with E-state index in [1.807, 2.05) is 30.0 Å². The van der Waals surface area contributed by atoms with Crippen LogP contribution in [0.3, 0.4) is 0 Å². The van der Waals surface area contributed by atoms with Crippen LogP contribution in [-0.4, -0.2) is 5.25 Å². The predicted molar refractivity (Wildman–Crippen MR) is 160 cm³/mol. The van der Waals surface area contributed by atoms with Crippen molar-refractivity contribution in [3.8, 4) is 17.2 Å². The summed E-state index contributed by atoms with van der Waals surface area (Å²) in [5.41, 5.74) is 9.34. The van der Waals surface area contributed by atoms with Gasteiger partial charge < -0.3 is 0 Å². The fourth-order valence-corrected chi connectivity index (χ4v) is 6.36. The van der Waals surface area contributed by atoms with Crippen LogP contribution in [0.5, 0.6) is 0 Å². The van der Waals surface area contributed by atoms with Crippen LogP contribution in [0.4, 0.5) is 0 Å². The molecule has 180 valence electrons. The van der Waals surface area contributed by atoms with Crippen molar-refractivity contribution in [1.82, 2.24) is 0 Å². The first-order chi connectivity index (χ1) is 18.0. The Balaban J connectivity index is 1.49. The van der Waals surface area contributed by atoms with E-state index >= 15 is 0 Å². The van der Waals surface area contributed by atoms with Gasteiger partial charge in [0.2, 0.25) is 0 Å². The molecule has 3 aromatic rings. The first-order valence-electron chi connectivity index (χ1n) is 12.5. The highest BCUT2D eigenvalue weighted by Crippen LogP contribution is 2.52. The maximum Gasteiger partial charge on any atom is 0.0991 e. The molecule has 1 heterocycles. The molecule has 0 N–H and O–H groups in total. The number of hydrogen-bond donors (Lipinski definition) is 0. The van der Waals surface area contributed by atoms with Crippen molar-refractivity contribution in [2.24, 2.45) is 0 Å². The van der Waals surface area contributed by atoms with Crippen molar-refractivity contribution in [2.75, 3.05) is 0 Å². The standard InChI is InChI=1S/C35H29NS/c1-5-6-8-27-17-18-28(25(4)24(27)3)14-11-23(2)30-19-20-33-32(21-30)35-31(9-7-10-34(35)37-33)29-15-12-26(22-36)13-16-29/h5-21,32-33H,1,4H2,2-3H3/b8-6-,23-11+,28-14-. The average molecular weight is 496 g/mol. The summed E-state index contributed by atoms with van der Waals surface area (Å²) in [6.45, 7) is 12.4. The molecule has 1 aliphatic heterocycles. The van der Waals surface area contributed by atoms with Gasteiger partial charge in [-0.2, -0.15) is 5.26 Å². The molecule has 0 aromatic heterocycles. The Morgan fingerprint density at radius 2 is 1.89 bits per heavy atom. The number of benzene rings is 3. The van der Waals surface area contributed by atoms with E-state index < -0.39 is 0 Å². The molecule has 0 saturated heterocycles. The summed E-state index contributed by atoms with van der Waals surface area (Å²) in [5, 5.41) is 11.8. The molecule has 2 heteroatoms. The first kappa shape index (κ1) is 24.6. The van der Waals surface area contributed by atoms with Gasteiger partial charge >= 0.3 is 0 Å². The van der Waals surface area contributed by atoms with Crippen LogP contribution in [0.1, 0.15) is 35.1 Å². The SMILES string of the molecule is C=C/C=C\c1cc/c(=C/C=C(\C)C2=CC3c4c(cccc4-c4ccc(C#N)cc4)SC3C=C2)c(=C)c1C. The summed E-state index contributed by atoms with van der Waals surface area (Å²) in [5.74, 6) is 0.316. The highest BCUT2D eigenvalue weighted by atomic mass is 32.2. The van der Waals surface area contributed by atoms with E-state index in [9.17, 15) is 5.26 Å². The van der Waals surface area contributed by atoms with Gasteiger partial charge in [-0.1, -0.05) is 98.2 Å². The van der Waals surface area contributed by atoms with Gasteiger partial charge in [-0.25, -0.2) is 0 Å². The van der Waals surface area contributed by atoms with Gasteiger partial charge in [-0.15, -0.1) is 11.8 Å². The molecule has 2 atom stereocenters. The zero-order valence-electron chi connectivity index (χ0n) is 21.2. The Hall–Kier alpha value is -4.06. The second-order valence-corrected chi connectivity index (χ2v) is 10.7. The fraction of sp³-hybridized carbons (Fsp3) is 0.114. The molecule has 0 saturated carbocycles. The normalized spacial score (nSPS) is 18.9. The summed E-state index contributed by atoms with van der Waals surface area (Å²) >= 11 is 1.94. The lowest BCUT2D eigenvalue weighted by molar-refractivity contribution is 0.873. The molecule has 2 aliphatic rings. The smallest absolute Gasteiger partial charge is 0.0991 e. The van der Waals surface area contributed by atoms with E-state index in [-0.39, 0.29) is 0 Å². The van der Waals surface area contributed by atoms with E-state index in [4.69, 9.17) is 0 Å². The second-order valence-electron chi connectivity index (χ2n) is 9.45. The third-order valence-electron chi connectivity index (χ3n) is 7.22. The molecular weight excluding hydrogens is 466 g/mol. The quantitative estimate of drug-likeness (QED) is 0.340. The molecule has 37 heavy (non-hydrogen) atoms. The van der Waals surface area contributed by atoms with Gasteiger partial charge in [0, 0.05) is 16.1 Å². The van der Waals surface area contributed by atoms with E-state index in [0.717, 1.165) is 16.0 Å². The largest absolute Gasteiger partial charge is 0.192 e. The van der Waals surface area contributed by atoms with Crippen LogP contribution in [0.25, 0.3) is 29.9 Å². The summed E-state index contributed by atoms with van der Waals surface area (Å²) < 4.78 is 0. The average Bonchev–Trinajstić information content (AvgIpc) is 3.31. The lowest BCUT2D eigenvalue weighted by Crippen LogP contribution is -2.26. The van der Waals surface area contributed by atoms with Crippen molar-refractivity contribution in [3.63, 3.8) is 0 Å². The zero-order chi connectivity index (χ0) is 25.9. The summed E-state index contributed by atoms with van der Waals surface area (Å²) in [6.07, 6.45) is 17.2. The van der Waals surface area contributed by atoms with E-state index in [1.165, 1.54) is 38.3 Å². The fourth-order valence-electron chi connectivity index (χ4n) is 5.01. The van der Waals surface area contributed by atoms with Crippen molar-refractivity contribution in [2.45, 2.75) is 29.9 Å². The molecule has 0 spiro atoms. The predicted octanol–water partition coefficient (Wildman–Crippen LogP) is 7.62. The van der Waals surface area contributed by atoms with Gasteiger partial charge in [0.25, 0.3) is 0 Å². The van der Waals surface area contributed by atoms with Crippen molar-refractivity contribution in [1.29, 1.82) is 5.26 Å². The molecule has 1 aliphatic carbocycles. The number of nitriles is 1. The third kappa shape index (κ3) is 4.84. The second kappa shape index (κ2) is 10.5. The lowest BCUT2D eigenvalue weighted by Gasteiger charge is -2.21. The van der Waals surface area contributed by atoms with Crippen molar-refractivity contribution < 1.29 is 0 Å². The monoisotopic (exact) mass is 495 g/mol. The van der Waals surface area contributed by atoms with Crippen LogP contribution in [0, 0.1) is 18.3 Å². The molecule has 3 aromatic carbocycles. The Labute approximate surface area is 223 Å². The van der Waals surface area contributed by atoms with Crippen molar-refractivity contribution >= 4 is 30.5 Å². The highest BCUT2D eigenvalue weighted by molar-refractivity contribution is 8.00. The van der Waals surface area contributed by atoms with Gasteiger partial charge in [0.15, 0.2) is 0 Å². The zero-order valence-corrected chi connectivity index (χ0v) is 22.1. The van der Waals surface area contributed by atoms with E-state index in [2.05, 4.69) is 112 Å². The molecule has 0 amide bonds. The van der Waals surface area contributed by atoms with Crippen LogP contribution >= 0.6 is 11.8 Å². The number of fused-ring (bicyclic) bond motifs is 3. The minimum Gasteiger partial charge on any atom is -0.192 e. The molecule has 5 rings (SSSR count). The maximum absolute atomic E-state index is 9.19. The Morgan fingerprint density at radius 3 is 2.65 bits per heavy atom. The Bertz CT molecular complexity index is 1660. The molecule has 2 unspecified atom stereocenters. The molecule has 0 bridgehead atoms. The van der Waals surface area contributed by atoms with Crippen LogP contribution in [0.15, 0.2) is 114 Å². The number of thioether (sulfide) groups is 1. The molecule has 0 fully saturated rings. The summed E-state index contributed by atoms with van der Waals surface area (Å²) in [7, 11) is 0. The number of rotatable bonds is 5. The van der Waals surface area contributed by atoms with Gasteiger partial charge in [-0.05, 0) is 81.4 Å². The molecule has 1 nitrogen and oxygen atoms in total. The lowest BCUT2D eigenvalue weighted by atomic mass is 9.83. The van der Waals surface area contributed by atoms with Gasteiger partial charge in [0.05, 0.1) is 11.6 Å². The van der Waals surface area contributed by atoms with Gasteiger partial charge in [-0.3, -0.25) is 0 Å². The van der Waals surface area contributed by atoms with Crippen LogP contribution in [-0.2, 0) is 0 Å². The Morgan fingerprint density at radius 1 is 1.08 bits per heavy atom. The Kier molecular flexibility index (Phi) is 6.99. The number of hydrogen-bond acceptors (Lipinski definition) is 2. The summed E-state index contributed by atoms with van der Waals surface area (Å²) in [4.78, 5) is 1.34. The molecule has 0 radical (unpaired) electrons. The molecular formula is C35H29NS. The third-order valence-corrected chi connectivity index (χ3v) is 8.56. The minimum atomic E-state index is 0.316. The first-order valence-corrected chi connectivity index (χ1v) is 13.3. The van der Waals surface area contributed by atoms with Gasteiger partial charge in [0.1, 0.15) is 0 Å². The van der Waals surface area contributed by atoms with Crippen LogP contribution in [0.2, 0.25) is 0 Å². The topological polar surface area (TPSA) is 23.8 Å². The van der Waals surface area contributed by atoms with Crippen LogP contribution < -0.4 is 10.4 Å². The number of allylic oxidation sites excluding steroid dienone is 7. The highest BCUT2D eigenvalue weighted by Gasteiger charge is 2.34. The maximum atomic E-state index is 9.19. The van der Waals surface area contributed by atoms with E-state index in [0.29, 0.717) is 16.7 Å². The van der Waals surface area contributed by atoms with Crippen molar-refractivity contribution in [3.05, 3.63) is 141 Å². The minimum absolute atomic E-state index is 0.316. The van der Waals surface area contributed by atoms with E-state index in [1.54, 1.807) is 6.08 Å². The summed E-state index contributed by atoms with van der Waals surface area (Å²) in [6, 6.07) is 21.0. The number of nitrogens with zero attached hydrogens (tertiary/aromatic N) is 1.